The Morgan fingerprint density at radius 2 is 0.500 bits per heavy atom. The fraction of sp³-hybridized carbons (Fsp3) is 0.500. The van der Waals surface area contributed by atoms with Gasteiger partial charge in [-0.1, -0.05) is 115 Å². The summed E-state index contributed by atoms with van der Waals surface area (Å²) < 4.78 is 8.86. The number of benzene rings is 3. The van der Waals surface area contributed by atoms with E-state index in [0.717, 1.165) is 0 Å². The van der Waals surface area contributed by atoms with Crippen LogP contribution in [0, 0.1) is 0 Å². The van der Waals surface area contributed by atoms with Crippen LogP contribution < -0.4 is 28.6 Å². The summed E-state index contributed by atoms with van der Waals surface area (Å²) in [7, 11) is -9.05. The van der Waals surface area contributed by atoms with Gasteiger partial charge in [0.25, 0.3) is 0 Å². The highest BCUT2D eigenvalue weighted by Gasteiger charge is 2.49. The first-order chi connectivity index (χ1) is 21.3. The molecule has 0 unspecified atom stereocenters. The van der Waals surface area contributed by atoms with E-state index >= 15 is 0 Å². The maximum Gasteiger partial charge on any atom is 0.141 e. The van der Waals surface area contributed by atoms with Crippen LogP contribution in [0.15, 0.2) is 72.8 Å². The lowest BCUT2D eigenvalue weighted by Gasteiger charge is -2.42. The van der Waals surface area contributed by atoms with Crippen molar-refractivity contribution in [2.45, 2.75) is 115 Å². The van der Waals surface area contributed by atoms with Crippen LogP contribution in [0.5, 0.6) is 0 Å². The number of rotatable bonds is 6. The second-order valence-electron chi connectivity index (χ2n) is 18.3. The van der Waals surface area contributed by atoms with Gasteiger partial charge in [-0.05, 0) is 96.5 Å². The fourth-order valence-corrected chi connectivity index (χ4v) is 54.8. The van der Waals surface area contributed by atoms with E-state index in [1.54, 1.807) is 0 Å². The highest BCUT2D eigenvalue weighted by Crippen LogP contribution is 2.45. The van der Waals surface area contributed by atoms with E-state index in [4.69, 9.17) is 0 Å². The number of hydrogen-bond acceptors (Lipinski definition) is 3. The monoisotopic (exact) mass is 733 g/mol. The van der Waals surface area contributed by atoms with Crippen LogP contribution in [0.1, 0.15) is 0 Å². The zero-order valence-electron chi connectivity index (χ0n) is 31.0. The first-order valence-corrected chi connectivity index (χ1v) is 38.0. The molecule has 0 aliphatic carbocycles. The van der Waals surface area contributed by atoms with Gasteiger partial charge in [-0.3, -0.25) is 0 Å². The molecule has 3 saturated heterocycles. The molecule has 0 atom stereocenters. The van der Waals surface area contributed by atoms with E-state index in [0.29, 0.717) is 0 Å². The van der Waals surface area contributed by atoms with Crippen molar-refractivity contribution in [2.24, 2.45) is 0 Å². The lowest BCUT2D eigenvalue weighted by atomic mass is 10.3. The Hall–Kier alpha value is -1.21. The molecular weight excluding hydrogens is 674 g/mol. The van der Waals surface area contributed by atoms with Crippen LogP contribution >= 0.6 is 7.92 Å². The molecule has 3 aliphatic rings. The Bertz CT molecular complexity index is 1330. The molecule has 0 spiro atoms. The molecule has 3 aliphatic heterocycles. The molecule has 10 heteroatoms. The summed E-state index contributed by atoms with van der Waals surface area (Å²) >= 11 is 0. The van der Waals surface area contributed by atoms with Gasteiger partial charge in [-0.25, -0.2) is 0 Å². The molecule has 3 fully saturated rings. The molecule has 3 heterocycles. The topological polar surface area (TPSA) is 9.72 Å². The van der Waals surface area contributed by atoms with Gasteiger partial charge < -0.3 is 12.7 Å². The number of nitrogens with zero attached hydrogens (tertiary/aromatic N) is 3. The summed E-state index contributed by atoms with van der Waals surface area (Å²) in [5, 5.41) is 4.44. The molecule has 0 amide bonds. The minimum Gasteiger partial charge on any atom is -0.424 e. The first-order valence-electron chi connectivity index (χ1n) is 17.8. The molecule has 0 N–H and O–H groups in total. The minimum atomic E-state index is -1.40. The molecule has 3 aromatic rings. The van der Waals surface area contributed by atoms with Crippen LogP contribution in [0.3, 0.4) is 0 Å². The van der Waals surface area contributed by atoms with Crippen molar-refractivity contribution in [3.05, 3.63) is 72.8 Å². The highest BCUT2D eigenvalue weighted by atomic mass is 31.1. The van der Waals surface area contributed by atoms with Crippen LogP contribution in [-0.2, 0) is 0 Å². The van der Waals surface area contributed by atoms with Gasteiger partial charge in [-0.2, -0.15) is 0 Å². The lowest BCUT2D eigenvalue weighted by Crippen LogP contribution is -2.55. The quantitative estimate of drug-likeness (QED) is 0.185. The Balaban J connectivity index is 1.39. The summed E-state index contributed by atoms with van der Waals surface area (Å²) in [5.74, 6) is 0. The van der Waals surface area contributed by atoms with E-state index in [-0.39, 0.29) is 0 Å². The van der Waals surface area contributed by atoms with Gasteiger partial charge in [-0.15, -0.1) is 0 Å². The van der Waals surface area contributed by atoms with E-state index < -0.39 is 57.3 Å². The minimum absolute atomic E-state index is 0.650. The molecule has 248 valence electrons. The maximum atomic E-state index is 2.95. The molecular formula is C36H60N3PSi6. The standard InChI is InChI=1S/C36H60N3PSi6/c1-41(2)25-26-42(3,4)37(41)31-13-19-34(20-14-31)40(35-21-15-32(16-22-35)38-43(5,6)27-28-44(38,7)8)36-23-17-33(18-24-36)39-45(9,10)29-30-46(39,11)12/h13-24H,25-30H2,1-12H3. The molecule has 0 radical (unpaired) electrons. The summed E-state index contributed by atoms with van der Waals surface area (Å²) in [5.41, 5.74) is 4.45. The fourth-order valence-electron chi connectivity index (χ4n) is 9.76. The van der Waals surface area contributed by atoms with Crippen molar-refractivity contribution in [3.63, 3.8) is 0 Å². The van der Waals surface area contributed by atoms with E-state index in [9.17, 15) is 0 Å². The van der Waals surface area contributed by atoms with Crippen molar-refractivity contribution in [3.8, 4) is 0 Å². The summed E-state index contributed by atoms with van der Waals surface area (Å²) in [6, 6.07) is 38.5. The van der Waals surface area contributed by atoms with Crippen LogP contribution in [0.4, 0.5) is 17.1 Å². The van der Waals surface area contributed by atoms with Crippen molar-refractivity contribution >= 4 is 90.3 Å². The maximum absolute atomic E-state index is 2.95. The third kappa shape index (κ3) is 6.20. The van der Waals surface area contributed by atoms with E-state index in [2.05, 4.69) is 164 Å². The first kappa shape index (κ1) is 34.6. The Morgan fingerprint density at radius 1 is 0.326 bits per heavy atom. The molecule has 3 aromatic carbocycles. The normalized spacial score (nSPS) is 23.8. The average molecular weight is 734 g/mol. The summed E-state index contributed by atoms with van der Waals surface area (Å²) in [4.78, 5) is 0. The molecule has 0 aromatic heterocycles. The zero-order chi connectivity index (χ0) is 33.5. The number of hydrogen-bond donors (Lipinski definition) is 0. The Kier molecular flexibility index (Phi) is 8.81. The molecule has 3 nitrogen and oxygen atoms in total. The van der Waals surface area contributed by atoms with Gasteiger partial charge in [0.05, 0.1) is 0 Å². The second-order valence-corrected chi connectivity index (χ2v) is 49.3. The Labute approximate surface area is 289 Å². The van der Waals surface area contributed by atoms with Gasteiger partial charge in [0.15, 0.2) is 0 Å². The predicted molar refractivity (Wildman–Crippen MR) is 226 cm³/mol. The third-order valence-corrected chi connectivity index (χ3v) is 44.3. The van der Waals surface area contributed by atoms with E-state index in [1.807, 2.05) is 0 Å². The van der Waals surface area contributed by atoms with E-state index in [1.165, 1.54) is 69.2 Å². The molecule has 46 heavy (non-hydrogen) atoms. The predicted octanol–water partition coefficient (Wildman–Crippen LogP) is 10.1. The third-order valence-electron chi connectivity index (χ3n) is 11.8. The summed E-state index contributed by atoms with van der Waals surface area (Å²) in [6.45, 7) is 31.0. The van der Waals surface area contributed by atoms with Gasteiger partial charge in [0.1, 0.15) is 49.4 Å². The average Bonchev–Trinajstić information content (AvgIpc) is 3.44. The number of anilines is 3. The van der Waals surface area contributed by atoms with Gasteiger partial charge >= 0.3 is 0 Å². The SMILES string of the molecule is C[Si]1(C)CC[Si](C)(C)N1c1ccc(P(c2ccc(N3[Si](C)(C)CC[Si]3(C)C)cc2)c2ccc(N3[Si](C)(C)CC[Si]3(C)C)cc2)cc1. The largest absolute Gasteiger partial charge is 0.424 e. The Morgan fingerprint density at radius 3 is 0.674 bits per heavy atom. The van der Waals surface area contributed by atoms with Crippen molar-refractivity contribution < 1.29 is 0 Å². The van der Waals surface area contributed by atoms with Gasteiger partial charge in [0, 0.05) is 17.1 Å². The zero-order valence-corrected chi connectivity index (χ0v) is 37.9. The van der Waals surface area contributed by atoms with Crippen molar-refractivity contribution in [2.75, 3.05) is 12.7 Å². The molecule has 6 rings (SSSR count). The van der Waals surface area contributed by atoms with Gasteiger partial charge in [0.2, 0.25) is 0 Å². The summed E-state index contributed by atoms with van der Waals surface area (Å²) in [6.07, 6.45) is 0. The van der Waals surface area contributed by atoms with Crippen molar-refractivity contribution in [1.82, 2.24) is 0 Å². The molecule has 0 saturated carbocycles. The van der Waals surface area contributed by atoms with Crippen LogP contribution in [-0.4, -0.2) is 49.4 Å². The highest BCUT2D eigenvalue weighted by molar-refractivity contribution is 7.79. The second kappa shape index (κ2) is 11.7. The van der Waals surface area contributed by atoms with Crippen LogP contribution in [0.2, 0.25) is 115 Å². The van der Waals surface area contributed by atoms with Crippen LogP contribution in [0.25, 0.3) is 0 Å². The lowest BCUT2D eigenvalue weighted by molar-refractivity contribution is 1.35. The van der Waals surface area contributed by atoms with Crippen molar-refractivity contribution in [1.29, 1.82) is 0 Å². The molecule has 0 bridgehead atoms. The smallest absolute Gasteiger partial charge is 0.141 e.